The standard InChI is InChI=1S/C22H36N4O4/c1-21(2,3)26-18(17(15-23-26)19(27)24-11-13-29-14-12-24)16-7-9-25(10-8-16)20(28)30-22(4,5)6/h15-16H,7-14H2,1-6H3. The molecule has 2 amide bonds. The maximum Gasteiger partial charge on any atom is 0.410 e. The quantitative estimate of drug-likeness (QED) is 0.734. The van der Waals surface area contributed by atoms with Crippen molar-refractivity contribution in [1.82, 2.24) is 19.6 Å². The molecule has 2 fully saturated rings. The second-order valence-corrected chi connectivity index (χ2v) is 10.2. The van der Waals surface area contributed by atoms with Crippen molar-refractivity contribution in [3.63, 3.8) is 0 Å². The van der Waals surface area contributed by atoms with Crippen LogP contribution in [0.15, 0.2) is 6.20 Å². The van der Waals surface area contributed by atoms with Gasteiger partial charge in [-0.3, -0.25) is 9.48 Å². The fourth-order valence-electron chi connectivity index (χ4n) is 4.05. The summed E-state index contributed by atoms with van der Waals surface area (Å²) in [6.07, 6.45) is 3.02. The minimum atomic E-state index is -0.503. The molecule has 1 aromatic rings. The summed E-state index contributed by atoms with van der Waals surface area (Å²) in [6.45, 7) is 15.5. The lowest BCUT2D eigenvalue weighted by Crippen LogP contribution is -2.43. The van der Waals surface area contributed by atoms with E-state index in [2.05, 4.69) is 25.9 Å². The minimum absolute atomic E-state index is 0.0263. The zero-order chi connectivity index (χ0) is 22.1. The molecule has 0 atom stereocenters. The van der Waals surface area contributed by atoms with Crippen molar-refractivity contribution in [3.05, 3.63) is 17.5 Å². The number of ether oxygens (including phenoxy) is 2. The summed E-state index contributed by atoms with van der Waals surface area (Å²) in [5, 5.41) is 4.61. The summed E-state index contributed by atoms with van der Waals surface area (Å²) in [6, 6.07) is 0. The molecule has 3 heterocycles. The Labute approximate surface area is 179 Å². The molecule has 2 aliphatic rings. The molecular formula is C22H36N4O4. The Bertz CT molecular complexity index is 761. The van der Waals surface area contributed by atoms with Crippen molar-refractivity contribution < 1.29 is 19.1 Å². The average molecular weight is 421 g/mol. The van der Waals surface area contributed by atoms with Gasteiger partial charge in [-0.05, 0) is 54.4 Å². The number of morpholine rings is 1. The lowest BCUT2D eigenvalue weighted by Gasteiger charge is -2.35. The maximum atomic E-state index is 13.3. The first-order chi connectivity index (χ1) is 14.0. The number of nitrogens with zero attached hydrogens (tertiary/aromatic N) is 4. The van der Waals surface area contributed by atoms with E-state index in [1.165, 1.54) is 0 Å². The Hall–Kier alpha value is -2.09. The Morgan fingerprint density at radius 1 is 1.00 bits per heavy atom. The number of rotatable bonds is 2. The van der Waals surface area contributed by atoms with E-state index in [1.807, 2.05) is 30.4 Å². The van der Waals surface area contributed by atoms with Crippen molar-refractivity contribution in [1.29, 1.82) is 0 Å². The molecule has 0 N–H and O–H groups in total. The van der Waals surface area contributed by atoms with Crippen LogP contribution in [0.5, 0.6) is 0 Å². The van der Waals surface area contributed by atoms with E-state index in [0.717, 1.165) is 18.5 Å². The summed E-state index contributed by atoms with van der Waals surface area (Å²) in [5.74, 6) is 0.198. The van der Waals surface area contributed by atoms with Crippen molar-refractivity contribution in [2.45, 2.75) is 71.4 Å². The summed E-state index contributed by atoms with van der Waals surface area (Å²) >= 11 is 0. The van der Waals surface area contributed by atoms with Gasteiger partial charge in [-0.15, -0.1) is 0 Å². The molecule has 0 bridgehead atoms. The molecule has 8 heteroatoms. The predicted octanol–water partition coefficient (Wildman–Crippen LogP) is 3.23. The number of hydrogen-bond acceptors (Lipinski definition) is 5. The van der Waals surface area contributed by atoms with Gasteiger partial charge in [0.15, 0.2) is 0 Å². The first-order valence-corrected chi connectivity index (χ1v) is 10.9. The van der Waals surface area contributed by atoms with E-state index in [4.69, 9.17) is 9.47 Å². The fourth-order valence-corrected chi connectivity index (χ4v) is 4.05. The molecule has 0 saturated carbocycles. The van der Waals surface area contributed by atoms with Crippen molar-refractivity contribution in [2.24, 2.45) is 0 Å². The first-order valence-electron chi connectivity index (χ1n) is 10.9. The van der Waals surface area contributed by atoms with E-state index >= 15 is 0 Å². The van der Waals surface area contributed by atoms with E-state index in [0.29, 0.717) is 45.0 Å². The van der Waals surface area contributed by atoms with Gasteiger partial charge in [0.2, 0.25) is 0 Å². The number of likely N-dealkylation sites (tertiary alicyclic amines) is 1. The highest BCUT2D eigenvalue weighted by Gasteiger charge is 2.35. The van der Waals surface area contributed by atoms with Gasteiger partial charge >= 0.3 is 6.09 Å². The molecule has 3 rings (SSSR count). The van der Waals surface area contributed by atoms with E-state index in [-0.39, 0.29) is 23.5 Å². The topological polar surface area (TPSA) is 76.9 Å². The van der Waals surface area contributed by atoms with Gasteiger partial charge in [0.25, 0.3) is 5.91 Å². The average Bonchev–Trinajstić information content (AvgIpc) is 3.12. The van der Waals surface area contributed by atoms with E-state index in [9.17, 15) is 9.59 Å². The van der Waals surface area contributed by atoms with Gasteiger partial charge in [0.1, 0.15) is 5.60 Å². The smallest absolute Gasteiger partial charge is 0.410 e. The van der Waals surface area contributed by atoms with Crippen LogP contribution >= 0.6 is 0 Å². The van der Waals surface area contributed by atoms with Crippen LogP contribution in [0.4, 0.5) is 4.79 Å². The largest absolute Gasteiger partial charge is 0.444 e. The molecule has 2 aliphatic heterocycles. The Morgan fingerprint density at radius 3 is 2.13 bits per heavy atom. The van der Waals surface area contributed by atoms with Crippen molar-refractivity contribution >= 4 is 12.0 Å². The first kappa shape index (κ1) is 22.6. The Kier molecular flexibility index (Phi) is 6.45. The number of carbonyl (C=O) groups excluding carboxylic acids is 2. The van der Waals surface area contributed by atoms with Crippen molar-refractivity contribution in [3.8, 4) is 0 Å². The maximum absolute atomic E-state index is 13.3. The number of piperidine rings is 1. The zero-order valence-electron chi connectivity index (χ0n) is 19.2. The second kappa shape index (κ2) is 8.57. The molecule has 30 heavy (non-hydrogen) atoms. The number of hydrogen-bond donors (Lipinski definition) is 0. The molecular weight excluding hydrogens is 384 g/mol. The van der Waals surface area contributed by atoms with Crippen LogP contribution < -0.4 is 0 Å². The lowest BCUT2D eigenvalue weighted by atomic mass is 9.90. The Morgan fingerprint density at radius 2 is 1.60 bits per heavy atom. The Balaban J connectivity index is 1.80. The molecule has 8 nitrogen and oxygen atoms in total. The normalized spacial score (nSPS) is 19.1. The van der Waals surface area contributed by atoms with Gasteiger partial charge in [-0.1, -0.05) is 0 Å². The highest BCUT2D eigenvalue weighted by Crippen LogP contribution is 2.34. The molecule has 0 aliphatic carbocycles. The van der Waals surface area contributed by atoms with Crippen LogP contribution in [0, 0.1) is 0 Å². The molecule has 0 aromatic carbocycles. The van der Waals surface area contributed by atoms with Crippen LogP contribution in [0.25, 0.3) is 0 Å². The SMILES string of the molecule is CC(C)(C)OC(=O)N1CCC(c2c(C(=O)N3CCOCC3)cnn2C(C)(C)C)CC1. The minimum Gasteiger partial charge on any atom is -0.444 e. The molecule has 0 radical (unpaired) electrons. The summed E-state index contributed by atoms with van der Waals surface area (Å²) in [4.78, 5) is 29.3. The molecule has 0 unspecified atom stereocenters. The van der Waals surface area contributed by atoms with Gasteiger partial charge in [0, 0.05) is 32.1 Å². The third-order valence-electron chi connectivity index (χ3n) is 5.50. The highest BCUT2D eigenvalue weighted by molar-refractivity contribution is 5.95. The predicted molar refractivity (Wildman–Crippen MR) is 114 cm³/mol. The number of carbonyl (C=O) groups is 2. The highest BCUT2D eigenvalue weighted by atomic mass is 16.6. The van der Waals surface area contributed by atoms with Gasteiger partial charge < -0.3 is 19.3 Å². The van der Waals surface area contributed by atoms with E-state index in [1.54, 1.807) is 11.1 Å². The summed E-state index contributed by atoms with van der Waals surface area (Å²) in [5.41, 5.74) is 0.933. The summed E-state index contributed by atoms with van der Waals surface area (Å²) in [7, 11) is 0. The monoisotopic (exact) mass is 420 g/mol. The molecule has 0 spiro atoms. The number of amides is 2. The second-order valence-electron chi connectivity index (χ2n) is 10.2. The zero-order valence-corrected chi connectivity index (χ0v) is 19.2. The van der Waals surface area contributed by atoms with Crippen molar-refractivity contribution in [2.75, 3.05) is 39.4 Å². The lowest BCUT2D eigenvalue weighted by molar-refractivity contribution is 0.0200. The number of aromatic nitrogens is 2. The van der Waals surface area contributed by atoms with Crippen LogP contribution in [-0.4, -0.2) is 76.6 Å². The fraction of sp³-hybridized carbons (Fsp3) is 0.773. The molecule has 1 aromatic heterocycles. The third kappa shape index (κ3) is 5.14. The third-order valence-corrected chi connectivity index (χ3v) is 5.50. The van der Waals surface area contributed by atoms with Crippen LogP contribution in [0.2, 0.25) is 0 Å². The molecule has 168 valence electrons. The van der Waals surface area contributed by atoms with E-state index < -0.39 is 5.60 Å². The van der Waals surface area contributed by atoms with Crippen LogP contribution in [0.1, 0.15) is 76.4 Å². The molecule has 2 saturated heterocycles. The van der Waals surface area contributed by atoms with Gasteiger partial charge in [0.05, 0.1) is 36.2 Å². The van der Waals surface area contributed by atoms with Crippen LogP contribution in [0.3, 0.4) is 0 Å². The van der Waals surface area contributed by atoms with Gasteiger partial charge in [-0.2, -0.15) is 5.10 Å². The van der Waals surface area contributed by atoms with Crippen LogP contribution in [-0.2, 0) is 15.0 Å². The van der Waals surface area contributed by atoms with Gasteiger partial charge in [-0.25, -0.2) is 4.79 Å². The summed E-state index contributed by atoms with van der Waals surface area (Å²) < 4.78 is 12.9.